The molecule has 0 amide bonds. The predicted molar refractivity (Wildman–Crippen MR) is 126 cm³/mol. The van der Waals surface area contributed by atoms with Gasteiger partial charge in [-0.2, -0.15) is 0 Å². The maximum absolute atomic E-state index is 13.4. The zero-order chi connectivity index (χ0) is 24.8. The molecule has 2 aromatic carbocycles. The molecule has 0 heterocycles. The SMILES string of the molecule is Cc1cc(O)c(C(=O)OCCN(C)C)c(-c2ccccc2[N+](=O)[O-])c1C(=O)OC1CCCCC1. The van der Waals surface area contributed by atoms with Crippen LogP contribution in [-0.2, 0) is 9.47 Å². The number of likely N-dealkylation sites (N-methyl/N-ethyl adjacent to an activating group) is 1. The van der Waals surface area contributed by atoms with Crippen LogP contribution in [0.15, 0.2) is 30.3 Å². The summed E-state index contributed by atoms with van der Waals surface area (Å²) in [5.74, 6) is -1.98. The molecule has 1 aliphatic carbocycles. The van der Waals surface area contributed by atoms with E-state index in [-0.39, 0.29) is 40.7 Å². The molecule has 0 unspecified atom stereocenters. The minimum atomic E-state index is -0.876. The summed E-state index contributed by atoms with van der Waals surface area (Å²) < 4.78 is 11.1. The Kier molecular flexibility index (Phi) is 8.22. The van der Waals surface area contributed by atoms with E-state index in [1.54, 1.807) is 13.0 Å². The first-order valence-electron chi connectivity index (χ1n) is 11.3. The number of rotatable bonds is 8. The number of carbonyl (C=O) groups is 2. The number of ether oxygens (including phenoxy) is 2. The zero-order valence-electron chi connectivity index (χ0n) is 19.7. The van der Waals surface area contributed by atoms with E-state index in [0.29, 0.717) is 12.1 Å². The smallest absolute Gasteiger partial charge is 0.342 e. The van der Waals surface area contributed by atoms with Gasteiger partial charge in [-0.15, -0.1) is 0 Å². The number of nitrogens with zero attached hydrogens (tertiary/aromatic N) is 2. The van der Waals surface area contributed by atoms with Crippen molar-refractivity contribution in [1.82, 2.24) is 4.90 Å². The third-order valence-corrected chi connectivity index (χ3v) is 5.88. The molecule has 0 atom stereocenters. The molecule has 2 aromatic rings. The number of aryl methyl sites for hydroxylation is 1. The molecule has 0 saturated heterocycles. The summed E-state index contributed by atoms with van der Waals surface area (Å²) in [7, 11) is 3.63. The number of hydrogen-bond acceptors (Lipinski definition) is 8. The van der Waals surface area contributed by atoms with E-state index in [1.165, 1.54) is 24.3 Å². The molecule has 1 fully saturated rings. The van der Waals surface area contributed by atoms with Gasteiger partial charge in [0.25, 0.3) is 5.69 Å². The van der Waals surface area contributed by atoms with E-state index in [4.69, 9.17) is 9.47 Å². The van der Waals surface area contributed by atoms with Crippen LogP contribution in [0, 0.1) is 17.0 Å². The predicted octanol–water partition coefficient (Wildman–Crippen LogP) is 4.48. The van der Waals surface area contributed by atoms with E-state index in [1.807, 2.05) is 19.0 Å². The van der Waals surface area contributed by atoms with Crippen LogP contribution in [-0.4, -0.2) is 60.2 Å². The van der Waals surface area contributed by atoms with Crippen molar-refractivity contribution in [2.45, 2.75) is 45.1 Å². The van der Waals surface area contributed by atoms with Crippen LogP contribution in [0.25, 0.3) is 11.1 Å². The summed E-state index contributed by atoms with van der Waals surface area (Å²) >= 11 is 0. The third-order valence-electron chi connectivity index (χ3n) is 5.88. The van der Waals surface area contributed by atoms with Crippen LogP contribution in [0.1, 0.15) is 58.4 Å². The number of para-hydroxylation sites is 1. The number of esters is 2. The van der Waals surface area contributed by atoms with E-state index in [2.05, 4.69) is 0 Å². The number of phenols is 1. The number of phenolic OH excluding ortho intramolecular Hbond substituents is 1. The highest BCUT2D eigenvalue weighted by Crippen LogP contribution is 2.41. The number of hydrogen-bond donors (Lipinski definition) is 1. The van der Waals surface area contributed by atoms with Crippen molar-refractivity contribution in [3.63, 3.8) is 0 Å². The Bertz CT molecular complexity index is 1080. The van der Waals surface area contributed by atoms with Crippen molar-refractivity contribution in [3.05, 3.63) is 57.1 Å². The standard InChI is InChI=1S/C25H30N2O7/c1-16-15-20(28)23(24(29)33-14-13-26(2)3)22(18-11-7-8-12-19(18)27(31)32)21(16)25(30)34-17-9-5-4-6-10-17/h7-8,11-12,15,17,28H,4-6,9-10,13-14H2,1-3H3. The van der Waals surface area contributed by atoms with Gasteiger partial charge in [0.15, 0.2) is 0 Å². The molecule has 0 radical (unpaired) electrons. The average Bonchev–Trinajstić information content (AvgIpc) is 2.78. The molecular formula is C25H30N2O7. The van der Waals surface area contributed by atoms with Crippen LogP contribution in [0.4, 0.5) is 5.69 Å². The number of aromatic hydroxyl groups is 1. The first-order valence-corrected chi connectivity index (χ1v) is 11.3. The average molecular weight is 471 g/mol. The molecule has 0 aromatic heterocycles. The Morgan fingerprint density at radius 1 is 1.12 bits per heavy atom. The first-order chi connectivity index (χ1) is 16.2. The van der Waals surface area contributed by atoms with E-state index >= 15 is 0 Å². The molecule has 0 bridgehead atoms. The normalized spacial score (nSPS) is 14.1. The van der Waals surface area contributed by atoms with E-state index < -0.39 is 22.6 Å². The van der Waals surface area contributed by atoms with Crippen LogP contribution in [0.5, 0.6) is 5.75 Å². The summed E-state index contributed by atoms with van der Waals surface area (Å²) in [6.07, 6.45) is 4.20. The van der Waals surface area contributed by atoms with E-state index in [9.17, 15) is 24.8 Å². The monoisotopic (exact) mass is 470 g/mol. The molecule has 3 rings (SSSR count). The fourth-order valence-corrected chi connectivity index (χ4v) is 4.17. The van der Waals surface area contributed by atoms with Crippen molar-refractivity contribution in [2.75, 3.05) is 27.2 Å². The highest BCUT2D eigenvalue weighted by molar-refractivity contribution is 6.09. The lowest BCUT2D eigenvalue weighted by Crippen LogP contribution is -2.23. The van der Waals surface area contributed by atoms with Crippen LogP contribution >= 0.6 is 0 Å². The Morgan fingerprint density at radius 3 is 2.44 bits per heavy atom. The fraction of sp³-hybridized carbons (Fsp3) is 0.440. The lowest BCUT2D eigenvalue weighted by Gasteiger charge is -2.24. The quantitative estimate of drug-likeness (QED) is 0.341. The summed E-state index contributed by atoms with van der Waals surface area (Å²) in [5, 5.41) is 22.5. The first kappa shape index (κ1) is 25.2. The highest BCUT2D eigenvalue weighted by atomic mass is 16.6. The number of benzene rings is 2. The molecule has 182 valence electrons. The minimum Gasteiger partial charge on any atom is -0.507 e. The number of carbonyl (C=O) groups excluding carboxylic acids is 2. The Morgan fingerprint density at radius 2 is 1.79 bits per heavy atom. The van der Waals surface area contributed by atoms with Gasteiger partial charge in [-0.1, -0.05) is 18.6 Å². The van der Waals surface area contributed by atoms with Gasteiger partial charge >= 0.3 is 11.9 Å². The molecule has 1 N–H and O–H groups in total. The van der Waals surface area contributed by atoms with Crippen molar-refractivity contribution >= 4 is 17.6 Å². The second kappa shape index (κ2) is 11.1. The van der Waals surface area contributed by atoms with Gasteiger partial charge in [0.1, 0.15) is 24.0 Å². The maximum atomic E-state index is 13.4. The largest absolute Gasteiger partial charge is 0.507 e. The molecule has 9 nitrogen and oxygen atoms in total. The molecule has 9 heteroatoms. The molecule has 0 aliphatic heterocycles. The van der Waals surface area contributed by atoms with E-state index in [0.717, 1.165) is 32.1 Å². The lowest BCUT2D eigenvalue weighted by atomic mass is 9.89. The van der Waals surface area contributed by atoms with Crippen molar-refractivity contribution in [3.8, 4) is 16.9 Å². The van der Waals surface area contributed by atoms with Crippen molar-refractivity contribution in [2.24, 2.45) is 0 Å². The molecule has 1 aliphatic rings. The number of nitro groups is 1. The summed E-state index contributed by atoms with van der Waals surface area (Å²) in [5.41, 5.74) is -0.272. The third kappa shape index (κ3) is 5.72. The lowest BCUT2D eigenvalue weighted by molar-refractivity contribution is -0.384. The van der Waals surface area contributed by atoms with Crippen LogP contribution in [0.3, 0.4) is 0 Å². The summed E-state index contributed by atoms with van der Waals surface area (Å²) in [6, 6.07) is 7.08. The minimum absolute atomic E-state index is 0.0113. The van der Waals surface area contributed by atoms with Gasteiger partial charge in [0.05, 0.1) is 16.1 Å². The topological polar surface area (TPSA) is 119 Å². The molecule has 1 saturated carbocycles. The van der Waals surface area contributed by atoms with Crippen LogP contribution < -0.4 is 0 Å². The van der Waals surface area contributed by atoms with Crippen molar-refractivity contribution < 1.29 is 29.1 Å². The zero-order valence-corrected chi connectivity index (χ0v) is 19.7. The van der Waals surface area contributed by atoms with Gasteiger partial charge < -0.3 is 19.5 Å². The molecule has 0 spiro atoms. The van der Waals surface area contributed by atoms with Gasteiger partial charge in [-0.25, -0.2) is 9.59 Å². The molecular weight excluding hydrogens is 440 g/mol. The van der Waals surface area contributed by atoms with Crippen LogP contribution in [0.2, 0.25) is 0 Å². The van der Waals surface area contributed by atoms with Gasteiger partial charge in [0.2, 0.25) is 0 Å². The van der Waals surface area contributed by atoms with Gasteiger partial charge in [-0.05, 0) is 64.4 Å². The summed E-state index contributed by atoms with van der Waals surface area (Å²) in [6.45, 7) is 2.07. The second-order valence-corrected chi connectivity index (χ2v) is 8.72. The Balaban J connectivity index is 2.17. The maximum Gasteiger partial charge on any atom is 0.342 e. The number of nitro benzene ring substituents is 1. The second-order valence-electron chi connectivity index (χ2n) is 8.72. The van der Waals surface area contributed by atoms with Gasteiger partial charge in [-0.3, -0.25) is 10.1 Å². The summed E-state index contributed by atoms with van der Waals surface area (Å²) in [4.78, 5) is 39.5. The van der Waals surface area contributed by atoms with Crippen molar-refractivity contribution in [1.29, 1.82) is 0 Å². The fourth-order valence-electron chi connectivity index (χ4n) is 4.17. The Labute approximate surface area is 198 Å². The van der Waals surface area contributed by atoms with Gasteiger partial charge in [0, 0.05) is 18.2 Å². The Hall–Kier alpha value is -3.46. The molecule has 34 heavy (non-hydrogen) atoms. The highest BCUT2D eigenvalue weighted by Gasteiger charge is 2.32.